The molecule has 0 heterocycles. The molecule has 2 aromatic carbocycles. The van der Waals surface area contributed by atoms with Crippen LogP contribution in [-0.4, -0.2) is 11.0 Å². The molecule has 0 saturated heterocycles. The molecular formula is C20H18ClF6NO2. The van der Waals surface area contributed by atoms with Gasteiger partial charge in [-0.15, -0.1) is 0 Å². The van der Waals surface area contributed by atoms with Gasteiger partial charge in [0.2, 0.25) is 0 Å². The first-order chi connectivity index (χ1) is 13.4. The second-order valence-corrected chi connectivity index (χ2v) is 8.16. The van der Waals surface area contributed by atoms with Crippen molar-refractivity contribution in [2.45, 2.75) is 45.5 Å². The highest BCUT2D eigenvalue weighted by Crippen LogP contribution is 2.40. The summed E-state index contributed by atoms with van der Waals surface area (Å²) in [5.41, 5.74) is -4.43. The normalized spacial score (nSPS) is 12.8. The molecule has 0 radical (unpaired) electrons. The third-order valence-corrected chi connectivity index (χ3v) is 4.77. The zero-order chi connectivity index (χ0) is 23.2. The van der Waals surface area contributed by atoms with Crippen LogP contribution in [0.5, 0.6) is 5.75 Å². The molecule has 0 aliphatic heterocycles. The maximum absolute atomic E-state index is 13.0. The summed E-state index contributed by atoms with van der Waals surface area (Å²) in [5, 5.41) is 12.7. The second kappa shape index (κ2) is 7.68. The third kappa shape index (κ3) is 5.00. The summed E-state index contributed by atoms with van der Waals surface area (Å²) >= 11 is 6.13. The molecule has 2 N–H and O–H groups in total. The van der Waals surface area contributed by atoms with Crippen molar-refractivity contribution in [1.82, 2.24) is 0 Å². The summed E-state index contributed by atoms with van der Waals surface area (Å²) < 4.78 is 78.1. The number of phenols is 1. The lowest BCUT2D eigenvalue weighted by Crippen LogP contribution is -2.19. The van der Waals surface area contributed by atoms with Gasteiger partial charge in [0.1, 0.15) is 5.75 Å². The second-order valence-electron chi connectivity index (χ2n) is 7.75. The molecule has 1 amide bonds. The van der Waals surface area contributed by atoms with Crippen LogP contribution in [0.15, 0.2) is 24.3 Å². The van der Waals surface area contributed by atoms with Crippen LogP contribution in [0.3, 0.4) is 0 Å². The lowest BCUT2D eigenvalue weighted by Gasteiger charge is -2.23. The number of phenolic OH excluding ortho intramolecular Hbond substituents is 1. The number of hydrogen-bond acceptors (Lipinski definition) is 2. The molecule has 2 rings (SSSR count). The van der Waals surface area contributed by atoms with E-state index < -0.39 is 46.2 Å². The Morgan fingerprint density at radius 1 is 0.933 bits per heavy atom. The molecular weight excluding hydrogens is 436 g/mol. The van der Waals surface area contributed by atoms with Crippen LogP contribution in [0.4, 0.5) is 32.0 Å². The van der Waals surface area contributed by atoms with E-state index in [1.165, 1.54) is 13.0 Å². The predicted octanol–water partition coefficient (Wildman–Crippen LogP) is 6.94. The number of halogens is 7. The summed E-state index contributed by atoms with van der Waals surface area (Å²) in [7, 11) is 0. The van der Waals surface area contributed by atoms with E-state index in [4.69, 9.17) is 11.6 Å². The minimum Gasteiger partial charge on any atom is -0.507 e. The number of benzene rings is 2. The molecule has 3 nitrogen and oxygen atoms in total. The Labute approximate surface area is 173 Å². The van der Waals surface area contributed by atoms with Crippen molar-refractivity contribution < 1.29 is 36.2 Å². The molecule has 0 unspecified atom stereocenters. The van der Waals surface area contributed by atoms with Gasteiger partial charge < -0.3 is 10.4 Å². The van der Waals surface area contributed by atoms with Crippen LogP contribution in [0.25, 0.3) is 0 Å². The van der Waals surface area contributed by atoms with Crippen molar-refractivity contribution in [1.29, 1.82) is 0 Å². The van der Waals surface area contributed by atoms with E-state index in [1.54, 1.807) is 20.8 Å². The fraction of sp³-hybridized carbons (Fsp3) is 0.350. The molecule has 0 fully saturated rings. The minimum absolute atomic E-state index is 0.0462. The van der Waals surface area contributed by atoms with E-state index in [0.29, 0.717) is 17.7 Å². The minimum atomic E-state index is -5.06. The summed E-state index contributed by atoms with van der Waals surface area (Å²) in [4.78, 5) is 12.7. The molecule has 0 saturated carbocycles. The molecule has 2 aromatic rings. The number of rotatable bonds is 2. The number of anilines is 1. The smallest absolute Gasteiger partial charge is 0.416 e. The molecule has 164 valence electrons. The standard InChI is InChI=1S/C20H18ClF6NO2/c1-9-14(21)8-13(18(2,3)4)16(29)15(9)17(30)28-12-6-10(19(22,23)24)5-11(7-12)20(25,26)27/h5-8,29H,1-4H3,(H,28,30). The first kappa shape index (κ1) is 23.9. The Bertz CT molecular complexity index is 958. The highest BCUT2D eigenvalue weighted by atomic mass is 35.5. The van der Waals surface area contributed by atoms with Gasteiger partial charge in [-0.2, -0.15) is 26.3 Å². The summed E-state index contributed by atoms with van der Waals surface area (Å²) in [5.74, 6) is -1.55. The molecule has 10 heteroatoms. The molecule has 0 aliphatic carbocycles. The lowest BCUT2D eigenvalue weighted by atomic mass is 9.84. The van der Waals surface area contributed by atoms with Crippen LogP contribution < -0.4 is 5.32 Å². The highest BCUT2D eigenvalue weighted by molar-refractivity contribution is 6.32. The number of alkyl halides is 6. The number of amides is 1. The van der Waals surface area contributed by atoms with Crippen LogP contribution in [-0.2, 0) is 17.8 Å². The van der Waals surface area contributed by atoms with Gasteiger partial charge in [0, 0.05) is 16.3 Å². The molecule has 0 atom stereocenters. The number of carbonyl (C=O) groups excluding carboxylic acids is 1. The van der Waals surface area contributed by atoms with Crippen molar-refractivity contribution in [2.75, 3.05) is 5.32 Å². The van der Waals surface area contributed by atoms with Gasteiger partial charge >= 0.3 is 12.4 Å². The number of aromatic hydroxyl groups is 1. The topological polar surface area (TPSA) is 49.3 Å². The highest BCUT2D eigenvalue weighted by Gasteiger charge is 2.37. The van der Waals surface area contributed by atoms with Gasteiger partial charge in [-0.3, -0.25) is 4.79 Å². The maximum Gasteiger partial charge on any atom is 0.416 e. The molecule has 30 heavy (non-hydrogen) atoms. The summed E-state index contributed by atoms with van der Waals surface area (Å²) in [6.07, 6.45) is -10.1. The van der Waals surface area contributed by atoms with Gasteiger partial charge in [-0.1, -0.05) is 32.4 Å². The fourth-order valence-corrected chi connectivity index (χ4v) is 3.01. The largest absolute Gasteiger partial charge is 0.507 e. The maximum atomic E-state index is 13.0. The van der Waals surface area contributed by atoms with E-state index >= 15 is 0 Å². The van der Waals surface area contributed by atoms with Crippen molar-refractivity contribution in [3.05, 3.63) is 57.1 Å². The summed E-state index contributed by atoms with van der Waals surface area (Å²) in [6, 6.07) is 2.17. The Hall–Kier alpha value is -2.42. The zero-order valence-electron chi connectivity index (χ0n) is 16.3. The van der Waals surface area contributed by atoms with Crippen LogP contribution in [0, 0.1) is 6.92 Å². The Balaban J connectivity index is 2.60. The molecule has 0 bridgehead atoms. The van der Waals surface area contributed by atoms with Gasteiger partial charge in [0.15, 0.2) is 0 Å². The first-order valence-corrected chi connectivity index (χ1v) is 8.94. The molecule has 0 aromatic heterocycles. The van der Waals surface area contributed by atoms with E-state index in [1.807, 2.05) is 5.32 Å². The third-order valence-electron chi connectivity index (χ3n) is 4.38. The Morgan fingerprint density at radius 2 is 1.40 bits per heavy atom. The number of nitrogens with one attached hydrogen (secondary N) is 1. The quantitative estimate of drug-likeness (QED) is 0.484. The SMILES string of the molecule is Cc1c(Cl)cc(C(C)(C)C)c(O)c1C(=O)Nc1cc(C(F)(F)F)cc(C(F)(F)F)c1. The zero-order valence-corrected chi connectivity index (χ0v) is 17.1. The monoisotopic (exact) mass is 453 g/mol. The van der Waals surface area contributed by atoms with Gasteiger partial charge in [-0.25, -0.2) is 0 Å². The molecule has 0 aliphatic rings. The van der Waals surface area contributed by atoms with Crippen molar-refractivity contribution in [3.63, 3.8) is 0 Å². The van der Waals surface area contributed by atoms with Crippen molar-refractivity contribution in [3.8, 4) is 5.75 Å². The van der Waals surface area contributed by atoms with E-state index in [-0.39, 0.29) is 22.2 Å². The van der Waals surface area contributed by atoms with Gasteiger partial charge in [-0.05, 0) is 42.2 Å². The van der Waals surface area contributed by atoms with Gasteiger partial charge in [0.05, 0.1) is 16.7 Å². The van der Waals surface area contributed by atoms with E-state index in [2.05, 4.69) is 0 Å². The Morgan fingerprint density at radius 3 is 1.80 bits per heavy atom. The van der Waals surface area contributed by atoms with E-state index in [0.717, 1.165) is 0 Å². The number of carbonyl (C=O) groups is 1. The Kier molecular flexibility index (Phi) is 6.11. The van der Waals surface area contributed by atoms with Crippen LogP contribution in [0.2, 0.25) is 5.02 Å². The van der Waals surface area contributed by atoms with E-state index in [9.17, 15) is 36.2 Å². The summed E-state index contributed by atoms with van der Waals surface area (Å²) in [6.45, 7) is 6.60. The van der Waals surface area contributed by atoms with Crippen molar-refractivity contribution in [2.24, 2.45) is 0 Å². The average Bonchev–Trinajstić information content (AvgIpc) is 2.55. The molecule has 0 spiro atoms. The van der Waals surface area contributed by atoms with Gasteiger partial charge in [0.25, 0.3) is 5.91 Å². The number of hydrogen-bond donors (Lipinski definition) is 2. The lowest BCUT2D eigenvalue weighted by molar-refractivity contribution is -0.143. The van der Waals surface area contributed by atoms with Crippen molar-refractivity contribution >= 4 is 23.2 Å². The average molecular weight is 454 g/mol. The first-order valence-electron chi connectivity index (χ1n) is 8.56. The van der Waals surface area contributed by atoms with Crippen LogP contribution in [0.1, 0.15) is 53.4 Å². The fourth-order valence-electron chi connectivity index (χ4n) is 2.81. The van der Waals surface area contributed by atoms with Crippen LogP contribution >= 0.6 is 11.6 Å². The predicted molar refractivity (Wildman–Crippen MR) is 101 cm³/mol.